The SMILES string of the molecule is CC(C)(C)OC(=O)N1CCC(Nc2ncc3c(n2)-c2ccccc2C(c2ccc(Cl)cc2)C3)CC1.CC(C)(C)OC(=O)N1CCC(Nc2ncc3c(n2)-c2ccccc2C(c2ccccc2)C3)CC1.CN(C)CCCNc1ncc2c(n1)-c1ccccc1C(c1ccc(F)c(F)c1)C2.CN(C)CCCNc1ncc2c(n1)-c1ccccc1C(c1ccccc1Cl)C2. The number of carbonyl (C=O) groups is 2. The van der Waals surface area contributed by atoms with Crippen LogP contribution in [0.4, 0.5) is 42.2 Å². The Kier molecular flexibility index (Phi) is 28.4. The summed E-state index contributed by atoms with van der Waals surface area (Å²) in [5.41, 5.74) is 21.5. The summed E-state index contributed by atoms with van der Waals surface area (Å²) < 4.78 is 38.3. The summed E-state index contributed by atoms with van der Waals surface area (Å²) in [7, 11) is 8.27. The van der Waals surface area contributed by atoms with Crippen molar-refractivity contribution in [2.24, 2.45) is 0 Å². The molecule has 12 aromatic rings. The molecule has 126 heavy (non-hydrogen) atoms. The summed E-state index contributed by atoms with van der Waals surface area (Å²) >= 11 is 12.7. The monoisotopic (exact) mass is 1730 g/mol. The number of hydrogen-bond donors (Lipinski definition) is 4. The van der Waals surface area contributed by atoms with Gasteiger partial charge in [-0.05, 0) is 244 Å². The number of aromatic nitrogens is 8. The fraction of sp³-hybridized carbons (Fsp3) is 0.353. The van der Waals surface area contributed by atoms with E-state index in [-0.39, 0.29) is 42.0 Å². The maximum absolute atomic E-state index is 13.8. The molecule has 4 atom stereocenters. The minimum atomic E-state index is -0.827. The quantitative estimate of drug-likeness (QED) is 0.0587. The average Bonchev–Trinajstić information content (AvgIpc) is 0.792. The lowest BCUT2D eigenvalue weighted by atomic mass is 9.78. The van der Waals surface area contributed by atoms with E-state index in [1.807, 2.05) is 115 Å². The lowest BCUT2D eigenvalue weighted by Gasteiger charge is -2.34. The number of nitrogens with one attached hydrogen (secondary N) is 4. The number of hydrogen-bond acceptors (Lipinski definition) is 18. The second-order valence-electron chi connectivity index (χ2n) is 35.7. The average molecular weight is 1740 g/mol. The van der Waals surface area contributed by atoms with E-state index in [1.54, 1.807) is 15.9 Å². The molecule has 0 bridgehead atoms. The maximum atomic E-state index is 13.8. The van der Waals surface area contributed by atoms with Crippen LogP contribution < -0.4 is 21.3 Å². The molecule has 2 saturated heterocycles. The van der Waals surface area contributed by atoms with Crippen LogP contribution in [0.5, 0.6) is 0 Å². The topological polar surface area (TPSA) is 217 Å². The van der Waals surface area contributed by atoms with Crippen molar-refractivity contribution >= 4 is 59.2 Å². The molecule has 24 heteroatoms. The van der Waals surface area contributed by atoms with Gasteiger partial charge in [0, 0.05) is 132 Å². The summed E-state index contributed by atoms with van der Waals surface area (Å²) in [6, 6.07) is 65.1. The predicted octanol–water partition coefficient (Wildman–Crippen LogP) is 21.3. The third kappa shape index (κ3) is 22.2. The van der Waals surface area contributed by atoms with Crippen LogP contribution in [0.2, 0.25) is 10.0 Å². The van der Waals surface area contributed by atoms with Crippen LogP contribution in [0, 0.1) is 11.6 Å². The van der Waals surface area contributed by atoms with Gasteiger partial charge in [-0.25, -0.2) is 58.2 Å². The first-order chi connectivity index (χ1) is 60.8. The number of piperidine rings is 2. The minimum Gasteiger partial charge on any atom is -0.444 e. The number of halogens is 4. The zero-order valence-corrected chi connectivity index (χ0v) is 75.0. The second-order valence-corrected chi connectivity index (χ2v) is 36.6. The number of rotatable bonds is 18. The van der Waals surface area contributed by atoms with Crippen LogP contribution in [0.15, 0.2) is 219 Å². The van der Waals surface area contributed by atoms with Gasteiger partial charge >= 0.3 is 12.2 Å². The van der Waals surface area contributed by atoms with Gasteiger partial charge in [-0.1, -0.05) is 187 Å². The molecule has 0 radical (unpaired) electrons. The Morgan fingerprint density at radius 1 is 0.405 bits per heavy atom. The molecule has 4 aliphatic carbocycles. The van der Waals surface area contributed by atoms with E-state index >= 15 is 0 Å². The van der Waals surface area contributed by atoms with Gasteiger partial charge in [0.1, 0.15) is 11.2 Å². The molecule has 20 nitrogen and oxygen atoms in total. The third-order valence-electron chi connectivity index (χ3n) is 23.7. The van der Waals surface area contributed by atoms with Crippen molar-refractivity contribution in [3.05, 3.63) is 307 Å². The van der Waals surface area contributed by atoms with Crippen molar-refractivity contribution in [1.82, 2.24) is 59.5 Å². The lowest BCUT2D eigenvalue weighted by molar-refractivity contribution is 0.0199. The standard InChI is InChI=1S/C28H31ClN4O2.C28H32N4O2.C23H25ClN4.C23H24F2N4/c1-28(2,3)35-27(34)33-14-12-21(13-15-33)31-26-30-17-19-16-24(18-8-10-20(29)11-9-18)22-6-4-5-7-23(22)25(19)32-26;1-28(2,3)34-27(33)32-15-13-21(14-16-32)30-26-29-18-20-17-24(19-9-5-4-6-10-19)22-11-7-8-12-23(22)25(20)31-26;1-28(2)13-7-12-25-23-26-15-16-14-20(18-9-5-6-11-21(18)24)17-8-3-4-10-19(17)22(16)27-23;1-29(2)11-5-10-26-23-27-14-16-12-19(15-8-9-20(24)21(25)13-15)17-6-3-4-7-18(17)22(16)28-23/h4-11,17,21,24H,12-16H2,1-3H3,(H,30,31,32);4-12,18,21,24H,13-17H2,1-3H3,(H,29,30,31);3-6,8-11,15,20H,7,12-14H2,1-2H3,(H,25,26,27);3-4,6-9,13-14,19H,5,10-12H2,1-2H3,(H,26,27,28). The molecule has 8 aromatic carbocycles. The number of likely N-dealkylation sites (tertiary alicyclic amines) is 2. The first kappa shape index (κ1) is 89.0. The van der Waals surface area contributed by atoms with Crippen molar-refractivity contribution in [2.45, 2.75) is 153 Å². The Labute approximate surface area is 748 Å². The third-order valence-corrected chi connectivity index (χ3v) is 24.3. The van der Waals surface area contributed by atoms with E-state index in [0.717, 1.165) is 156 Å². The first-order valence-corrected chi connectivity index (χ1v) is 44.6. The number of benzene rings is 8. The fourth-order valence-electron chi connectivity index (χ4n) is 17.5. The predicted molar refractivity (Wildman–Crippen MR) is 500 cm³/mol. The van der Waals surface area contributed by atoms with Crippen LogP contribution in [0.3, 0.4) is 0 Å². The molecule has 652 valence electrons. The van der Waals surface area contributed by atoms with Gasteiger partial charge in [0.25, 0.3) is 0 Å². The largest absolute Gasteiger partial charge is 0.444 e. The number of anilines is 4. The van der Waals surface area contributed by atoms with E-state index in [4.69, 9.17) is 52.6 Å². The first-order valence-electron chi connectivity index (χ1n) is 43.9. The molecular weight excluding hydrogens is 1620 g/mol. The minimum absolute atomic E-state index is 0.0590. The molecule has 2 fully saturated rings. The highest BCUT2D eigenvalue weighted by atomic mass is 35.5. The van der Waals surface area contributed by atoms with Crippen LogP contribution in [-0.2, 0) is 35.2 Å². The fourth-order valence-corrected chi connectivity index (χ4v) is 17.9. The molecule has 4 unspecified atom stereocenters. The molecular formula is C102H112Cl2F2N16O4. The molecule has 4 aromatic heterocycles. The van der Waals surface area contributed by atoms with E-state index in [1.165, 1.54) is 62.2 Å². The highest BCUT2D eigenvalue weighted by molar-refractivity contribution is 6.31. The van der Waals surface area contributed by atoms with Gasteiger partial charge in [0.2, 0.25) is 23.8 Å². The van der Waals surface area contributed by atoms with E-state index in [9.17, 15) is 18.4 Å². The number of amides is 2. The van der Waals surface area contributed by atoms with Crippen LogP contribution >= 0.6 is 23.2 Å². The highest BCUT2D eigenvalue weighted by Crippen LogP contribution is 2.48. The molecule has 18 rings (SSSR count). The molecule has 0 spiro atoms. The van der Waals surface area contributed by atoms with Crippen LogP contribution in [0.25, 0.3) is 45.0 Å². The Bertz CT molecular complexity index is 5780. The molecule has 2 amide bonds. The summed E-state index contributed by atoms with van der Waals surface area (Å²) in [4.78, 5) is 70.5. The molecule has 6 heterocycles. The highest BCUT2D eigenvalue weighted by Gasteiger charge is 2.36. The van der Waals surface area contributed by atoms with Crippen molar-refractivity contribution < 1.29 is 27.8 Å². The Hall–Kier alpha value is -11.8. The van der Waals surface area contributed by atoms with Gasteiger partial charge in [0.15, 0.2) is 11.6 Å². The van der Waals surface area contributed by atoms with Crippen molar-refractivity contribution in [1.29, 1.82) is 0 Å². The summed E-state index contributed by atoms with van der Waals surface area (Å²) in [6.45, 7) is 17.7. The van der Waals surface area contributed by atoms with E-state index in [2.05, 4.69) is 207 Å². The van der Waals surface area contributed by atoms with E-state index < -0.39 is 22.8 Å². The summed E-state index contributed by atoms with van der Waals surface area (Å²) in [5, 5.41) is 15.2. The van der Waals surface area contributed by atoms with Crippen molar-refractivity contribution in [2.75, 3.05) is 102 Å². The molecule has 0 saturated carbocycles. The van der Waals surface area contributed by atoms with Crippen molar-refractivity contribution in [3.63, 3.8) is 0 Å². The zero-order chi connectivity index (χ0) is 88.2. The number of carbonyl (C=O) groups excluding carboxylic acids is 2. The molecule has 2 aliphatic heterocycles. The van der Waals surface area contributed by atoms with Crippen molar-refractivity contribution in [3.8, 4) is 45.0 Å². The lowest BCUT2D eigenvalue weighted by Crippen LogP contribution is -2.44. The van der Waals surface area contributed by atoms with Crippen LogP contribution in [-0.4, -0.2) is 175 Å². The van der Waals surface area contributed by atoms with Gasteiger partial charge in [-0.15, -0.1) is 0 Å². The molecule has 6 aliphatic rings. The maximum Gasteiger partial charge on any atom is 0.410 e. The van der Waals surface area contributed by atoms with Gasteiger partial charge in [-0.2, -0.15) is 0 Å². The normalized spacial score (nSPS) is 16.7. The number of fused-ring (bicyclic) bond motifs is 12. The Morgan fingerprint density at radius 2 is 0.738 bits per heavy atom. The Balaban J connectivity index is 0.000000130. The van der Waals surface area contributed by atoms with Gasteiger partial charge in [-0.3, -0.25) is 0 Å². The number of nitrogens with zero attached hydrogens (tertiary/aromatic N) is 12. The summed E-state index contributed by atoms with van der Waals surface area (Å²) in [6.07, 6.45) is 15.9. The molecule has 4 N–H and O–H groups in total. The van der Waals surface area contributed by atoms with Gasteiger partial charge < -0.3 is 50.3 Å². The van der Waals surface area contributed by atoms with Gasteiger partial charge in [0.05, 0.1) is 22.8 Å². The summed E-state index contributed by atoms with van der Waals surface area (Å²) in [5.74, 6) is 1.68. The zero-order valence-electron chi connectivity index (χ0n) is 73.5. The second kappa shape index (κ2) is 40.2. The Morgan fingerprint density at radius 3 is 1.13 bits per heavy atom. The van der Waals surface area contributed by atoms with E-state index in [0.29, 0.717) is 62.3 Å². The smallest absolute Gasteiger partial charge is 0.410 e. The van der Waals surface area contributed by atoms with Crippen LogP contribution in [0.1, 0.15) is 171 Å². The number of ether oxygens (including phenoxy) is 2.